The van der Waals surface area contributed by atoms with Gasteiger partial charge in [0.1, 0.15) is 22.3 Å². The summed E-state index contributed by atoms with van der Waals surface area (Å²) in [6.45, 7) is 0. The van der Waals surface area contributed by atoms with E-state index in [0.29, 0.717) is 11.6 Å². The molecule has 7 aromatic rings. The van der Waals surface area contributed by atoms with Crippen LogP contribution in [0.3, 0.4) is 0 Å². The molecule has 0 aliphatic carbocycles. The van der Waals surface area contributed by atoms with Gasteiger partial charge in [0.25, 0.3) is 0 Å². The van der Waals surface area contributed by atoms with Gasteiger partial charge in [-0.1, -0.05) is 54.6 Å². The Hall–Kier alpha value is -4.22. The first-order chi connectivity index (χ1) is 16.2. The lowest BCUT2D eigenvalue weighted by molar-refractivity contribution is 0.668. The molecular weight excluding hydrogens is 434 g/mol. The van der Waals surface area contributed by atoms with Crippen LogP contribution in [0.1, 0.15) is 0 Å². The summed E-state index contributed by atoms with van der Waals surface area (Å²) in [6, 6.07) is 27.8. The molecule has 0 atom stereocenters. The molecule has 5 nitrogen and oxygen atoms in total. The number of hydrogen-bond acceptors (Lipinski definition) is 5. The van der Waals surface area contributed by atoms with E-state index in [9.17, 15) is 0 Å². The first-order valence-corrected chi connectivity index (χ1v) is 10.9. The van der Waals surface area contributed by atoms with Crippen molar-refractivity contribution in [1.82, 2.24) is 15.0 Å². The van der Waals surface area contributed by atoms with Gasteiger partial charge in [-0.2, -0.15) is 9.97 Å². The Morgan fingerprint density at radius 1 is 0.545 bits per heavy atom. The molecule has 0 saturated heterocycles. The van der Waals surface area contributed by atoms with E-state index < -0.39 is 0 Å². The first kappa shape index (κ1) is 18.4. The van der Waals surface area contributed by atoms with Crippen LogP contribution in [0.25, 0.3) is 66.7 Å². The van der Waals surface area contributed by atoms with Crippen molar-refractivity contribution in [2.45, 2.75) is 0 Å². The Kier molecular flexibility index (Phi) is 3.83. The van der Waals surface area contributed by atoms with E-state index in [2.05, 4.69) is 9.97 Å². The van der Waals surface area contributed by atoms with E-state index in [4.69, 9.17) is 25.4 Å². The van der Waals surface area contributed by atoms with Crippen LogP contribution in [0.5, 0.6) is 0 Å². The summed E-state index contributed by atoms with van der Waals surface area (Å²) in [5.74, 6) is 0.930. The van der Waals surface area contributed by atoms with Crippen molar-refractivity contribution in [3.8, 4) is 22.8 Å². The molecule has 4 aromatic carbocycles. The second-order valence-electron chi connectivity index (χ2n) is 7.84. The quantitative estimate of drug-likeness (QED) is 0.272. The monoisotopic (exact) mass is 447 g/mol. The fourth-order valence-corrected chi connectivity index (χ4v) is 4.55. The van der Waals surface area contributed by atoms with Gasteiger partial charge < -0.3 is 8.83 Å². The minimum absolute atomic E-state index is 0.118. The van der Waals surface area contributed by atoms with Crippen molar-refractivity contribution in [2.24, 2.45) is 0 Å². The number of rotatable bonds is 2. The minimum atomic E-state index is 0.118. The summed E-state index contributed by atoms with van der Waals surface area (Å²) < 4.78 is 12.2. The third-order valence-corrected chi connectivity index (χ3v) is 6.06. The molecule has 0 bridgehead atoms. The van der Waals surface area contributed by atoms with Gasteiger partial charge in [0, 0.05) is 27.1 Å². The fourth-order valence-electron chi connectivity index (χ4n) is 4.39. The Labute approximate surface area is 192 Å². The molecule has 0 aliphatic rings. The maximum absolute atomic E-state index is 6.35. The summed E-state index contributed by atoms with van der Waals surface area (Å²) in [5, 5.41) is 4.29. The van der Waals surface area contributed by atoms with E-state index in [0.717, 1.165) is 55.0 Å². The number of furan rings is 2. The number of nitrogens with zero attached hydrogens (tertiary/aromatic N) is 3. The average molecular weight is 448 g/mol. The van der Waals surface area contributed by atoms with Crippen LogP contribution in [0.15, 0.2) is 93.8 Å². The standard InChI is InChI=1S/C27H14ClN3O2/c28-27-30-25(15-12-13-18-16-6-1-3-10-21(16)32-23(18)14-15)29-26(31-27)20-9-5-8-19-17-7-2-4-11-22(17)33-24(19)20/h1-14H. The molecule has 0 fully saturated rings. The lowest BCUT2D eigenvalue weighted by Gasteiger charge is -2.05. The highest BCUT2D eigenvalue weighted by atomic mass is 35.5. The topological polar surface area (TPSA) is 65.0 Å². The summed E-state index contributed by atoms with van der Waals surface area (Å²) in [6.07, 6.45) is 0. The maximum Gasteiger partial charge on any atom is 0.226 e. The highest BCUT2D eigenvalue weighted by Crippen LogP contribution is 2.36. The predicted octanol–water partition coefficient (Wildman–Crippen LogP) is 7.66. The van der Waals surface area contributed by atoms with Crippen molar-refractivity contribution in [3.63, 3.8) is 0 Å². The number of benzene rings is 4. The molecular formula is C27H14ClN3O2. The molecule has 0 N–H and O–H groups in total. The third-order valence-electron chi connectivity index (χ3n) is 5.89. The van der Waals surface area contributed by atoms with Gasteiger partial charge in [-0.3, -0.25) is 0 Å². The van der Waals surface area contributed by atoms with Crippen molar-refractivity contribution in [3.05, 3.63) is 90.2 Å². The van der Waals surface area contributed by atoms with Crippen molar-refractivity contribution < 1.29 is 8.83 Å². The van der Waals surface area contributed by atoms with Gasteiger partial charge in [0.2, 0.25) is 5.28 Å². The number of halogens is 1. The third kappa shape index (κ3) is 2.83. The Balaban J connectivity index is 1.42. The lowest BCUT2D eigenvalue weighted by atomic mass is 10.1. The molecule has 33 heavy (non-hydrogen) atoms. The molecule has 3 heterocycles. The SMILES string of the molecule is Clc1nc(-c2ccc3c(c2)oc2ccccc23)nc(-c2cccc3c2oc2ccccc23)n1. The molecule has 0 amide bonds. The molecule has 156 valence electrons. The lowest BCUT2D eigenvalue weighted by Crippen LogP contribution is -1.97. The second kappa shape index (κ2) is 6.89. The molecule has 3 aromatic heterocycles. The highest BCUT2D eigenvalue weighted by Gasteiger charge is 2.17. The van der Waals surface area contributed by atoms with Crippen LogP contribution in [0.2, 0.25) is 5.28 Å². The van der Waals surface area contributed by atoms with Gasteiger partial charge in [-0.25, -0.2) is 4.98 Å². The minimum Gasteiger partial charge on any atom is -0.456 e. The summed E-state index contributed by atoms with van der Waals surface area (Å²) in [4.78, 5) is 13.5. The van der Waals surface area contributed by atoms with Gasteiger partial charge in [-0.15, -0.1) is 0 Å². The molecule has 0 aliphatic heterocycles. The van der Waals surface area contributed by atoms with Gasteiger partial charge >= 0.3 is 0 Å². The normalized spacial score (nSPS) is 11.8. The number of para-hydroxylation sites is 3. The highest BCUT2D eigenvalue weighted by molar-refractivity contribution is 6.28. The smallest absolute Gasteiger partial charge is 0.226 e. The first-order valence-electron chi connectivity index (χ1n) is 10.5. The summed E-state index contributed by atoms with van der Waals surface area (Å²) in [5.41, 5.74) is 4.71. The number of aromatic nitrogens is 3. The van der Waals surface area contributed by atoms with Crippen LogP contribution in [0.4, 0.5) is 0 Å². The zero-order chi connectivity index (χ0) is 21.9. The maximum atomic E-state index is 6.35. The largest absolute Gasteiger partial charge is 0.456 e. The average Bonchev–Trinajstić information content (AvgIpc) is 3.41. The molecule has 0 spiro atoms. The Morgan fingerprint density at radius 2 is 1.21 bits per heavy atom. The molecule has 0 saturated carbocycles. The Morgan fingerprint density at radius 3 is 2.06 bits per heavy atom. The zero-order valence-electron chi connectivity index (χ0n) is 17.1. The van der Waals surface area contributed by atoms with Crippen LogP contribution in [0, 0.1) is 0 Å². The van der Waals surface area contributed by atoms with Crippen LogP contribution >= 0.6 is 11.6 Å². The summed E-state index contributed by atoms with van der Waals surface area (Å²) >= 11 is 6.35. The molecule has 6 heteroatoms. The number of fused-ring (bicyclic) bond motifs is 6. The van der Waals surface area contributed by atoms with E-state index in [-0.39, 0.29) is 5.28 Å². The predicted molar refractivity (Wildman–Crippen MR) is 130 cm³/mol. The van der Waals surface area contributed by atoms with Gasteiger partial charge in [0.05, 0.1) is 5.56 Å². The Bertz CT molecular complexity index is 1850. The number of hydrogen-bond donors (Lipinski definition) is 0. The van der Waals surface area contributed by atoms with Gasteiger partial charge in [-0.05, 0) is 41.9 Å². The van der Waals surface area contributed by atoms with Gasteiger partial charge in [0.15, 0.2) is 11.6 Å². The van der Waals surface area contributed by atoms with E-state index in [1.54, 1.807) is 0 Å². The van der Waals surface area contributed by atoms with Crippen molar-refractivity contribution in [2.75, 3.05) is 0 Å². The van der Waals surface area contributed by atoms with E-state index in [1.807, 2.05) is 84.9 Å². The fraction of sp³-hybridized carbons (Fsp3) is 0. The van der Waals surface area contributed by atoms with Crippen LogP contribution in [-0.4, -0.2) is 15.0 Å². The van der Waals surface area contributed by atoms with Crippen molar-refractivity contribution in [1.29, 1.82) is 0 Å². The second-order valence-corrected chi connectivity index (χ2v) is 8.18. The summed E-state index contributed by atoms with van der Waals surface area (Å²) in [7, 11) is 0. The van der Waals surface area contributed by atoms with Crippen molar-refractivity contribution >= 4 is 55.5 Å². The zero-order valence-corrected chi connectivity index (χ0v) is 17.9. The van der Waals surface area contributed by atoms with Crippen LogP contribution < -0.4 is 0 Å². The van der Waals surface area contributed by atoms with E-state index in [1.165, 1.54) is 0 Å². The molecule has 0 radical (unpaired) electrons. The van der Waals surface area contributed by atoms with E-state index >= 15 is 0 Å². The molecule has 7 rings (SSSR count). The molecule has 0 unspecified atom stereocenters. The van der Waals surface area contributed by atoms with Crippen LogP contribution in [-0.2, 0) is 0 Å².